The Morgan fingerprint density at radius 2 is 1.91 bits per heavy atom. The van der Waals surface area contributed by atoms with Crippen LogP contribution in [-0.2, 0) is 26.8 Å². The molecule has 1 aliphatic heterocycles. The van der Waals surface area contributed by atoms with Gasteiger partial charge in [-0.05, 0) is 0 Å². The van der Waals surface area contributed by atoms with Gasteiger partial charge in [0.1, 0.15) is 6.04 Å². The van der Waals surface area contributed by atoms with Crippen molar-refractivity contribution in [2.24, 2.45) is 0 Å². The molecule has 0 saturated carbocycles. The van der Waals surface area contributed by atoms with Crippen LogP contribution < -0.4 is 5.32 Å². The molecule has 10 heteroatoms. The second-order valence-corrected chi connectivity index (χ2v) is 8.30. The average Bonchev–Trinajstić information content (AvgIpc) is 2.91. The highest BCUT2D eigenvalue weighted by Crippen LogP contribution is 2.41. The van der Waals surface area contributed by atoms with E-state index >= 15 is 0 Å². The first-order chi connectivity index (χ1) is 10.4. The Hall–Kier alpha value is -2.10. The Labute approximate surface area is 134 Å². The van der Waals surface area contributed by atoms with Crippen LogP contribution in [0, 0.1) is 0 Å². The standard InChI is InChI=1S/C13H20N4O5S/c1-13(2,3)10-8-7(17(15-10)23(5,21)22)6-16(12(19)20)9(8)11(18)14-4/h9H,6H2,1-5H3,(H,14,18)(H,19,20). The van der Waals surface area contributed by atoms with Crippen LogP contribution in [0.25, 0.3) is 0 Å². The van der Waals surface area contributed by atoms with Crippen LogP contribution in [-0.4, -0.2) is 52.9 Å². The van der Waals surface area contributed by atoms with E-state index in [0.29, 0.717) is 11.3 Å². The molecule has 0 aromatic carbocycles. The molecule has 2 N–H and O–H groups in total. The molecule has 0 bridgehead atoms. The number of fused-ring (bicyclic) bond motifs is 1. The molecule has 2 rings (SSSR count). The van der Waals surface area contributed by atoms with E-state index in [1.54, 1.807) is 0 Å². The zero-order valence-electron chi connectivity index (χ0n) is 13.6. The maximum absolute atomic E-state index is 12.2. The van der Waals surface area contributed by atoms with Gasteiger partial charge >= 0.3 is 6.09 Å². The second-order valence-electron chi connectivity index (χ2n) is 6.49. The van der Waals surface area contributed by atoms with Crippen molar-refractivity contribution in [3.05, 3.63) is 17.0 Å². The molecule has 128 valence electrons. The van der Waals surface area contributed by atoms with Gasteiger partial charge < -0.3 is 10.4 Å². The average molecular weight is 344 g/mol. The fourth-order valence-electron chi connectivity index (χ4n) is 2.70. The summed E-state index contributed by atoms with van der Waals surface area (Å²) in [6.07, 6.45) is -0.305. The zero-order valence-corrected chi connectivity index (χ0v) is 14.4. The summed E-state index contributed by atoms with van der Waals surface area (Å²) in [4.78, 5) is 24.6. The van der Waals surface area contributed by atoms with Gasteiger partial charge in [-0.1, -0.05) is 20.8 Å². The van der Waals surface area contributed by atoms with E-state index < -0.39 is 33.5 Å². The minimum atomic E-state index is -3.72. The van der Waals surface area contributed by atoms with E-state index in [-0.39, 0.29) is 12.2 Å². The zero-order chi connectivity index (χ0) is 17.7. The highest BCUT2D eigenvalue weighted by atomic mass is 32.2. The van der Waals surface area contributed by atoms with E-state index in [4.69, 9.17) is 0 Å². The first-order valence-electron chi connectivity index (χ1n) is 6.93. The summed E-state index contributed by atoms with van der Waals surface area (Å²) in [6, 6.07) is -1.11. The Morgan fingerprint density at radius 1 is 1.35 bits per heavy atom. The van der Waals surface area contributed by atoms with Crippen molar-refractivity contribution in [3.63, 3.8) is 0 Å². The Kier molecular flexibility index (Phi) is 3.92. The molecular weight excluding hydrogens is 324 g/mol. The molecule has 1 unspecified atom stereocenters. The fourth-order valence-corrected chi connectivity index (χ4v) is 3.49. The van der Waals surface area contributed by atoms with E-state index in [1.807, 2.05) is 20.8 Å². The minimum Gasteiger partial charge on any atom is -0.465 e. The molecule has 0 radical (unpaired) electrons. The molecule has 2 amide bonds. The lowest BCUT2D eigenvalue weighted by Crippen LogP contribution is -2.39. The fraction of sp³-hybridized carbons (Fsp3) is 0.615. The number of likely N-dealkylation sites (N-methyl/N-ethyl adjacent to an activating group) is 1. The summed E-state index contributed by atoms with van der Waals surface area (Å²) in [5, 5.41) is 16.0. The molecule has 9 nitrogen and oxygen atoms in total. The summed E-state index contributed by atoms with van der Waals surface area (Å²) in [7, 11) is -2.32. The number of carbonyl (C=O) groups is 2. The monoisotopic (exact) mass is 344 g/mol. The van der Waals surface area contributed by atoms with Crippen LogP contribution in [0.3, 0.4) is 0 Å². The normalized spacial score (nSPS) is 18.0. The van der Waals surface area contributed by atoms with Gasteiger partial charge in [-0.25, -0.2) is 13.2 Å². The van der Waals surface area contributed by atoms with Crippen LogP contribution in [0.1, 0.15) is 43.8 Å². The highest BCUT2D eigenvalue weighted by molar-refractivity contribution is 7.89. The van der Waals surface area contributed by atoms with E-state index in [0.717, 1.165) is 15.2 Å². The first kappa shape index (κ1) is 17.3. The molecule has 0 aliphatic carbocycles. The van der Waals surface area contributed by atoms with E-state index in [1.165, 1.54) is 7.05 Å². The van der Waals surface area contributed by atoms with Crippen molar-refractivity contribution in [2.45, 2.75) is 38.8 Å². The van der Waals surface area contributed by atoms with Crippen LogP contribution in [0.4, 0.5) is 4.79 Å². The van der Waals surface area contributed by atoms with Crippen molar-refractivity contribution < 1.29 is 23.1 Å². The first-order valence-corrected chi connectivity index (χ1v) is 8.78. The number of hydrogen-bond acceptors (Lipinski definition) is 5. The molecular formula is C13H20N4O5S. The van der Waals surface area contributed by atoms with Gasteiger partial charge in [-0.15, -0.1) is 0 Å². The van der Waals surface area contributed by atoms with Crippen molar-refractivity contribution >= 4 is 22.0 Å². The Balaban J connectivity index is 2.80. The molecule has 2 heterocycles. The predicted molar refractivity (Wildman–Crippen MR) is 81.5 cm³/mol. The summed E-state index contributed by atoms with van der Waals surface area (Å²) in [5.41, 5.74) is 0.411. The maximum Gasteiger partial charge on any atom is 0.408 e. The van der Waals surface area contributed by atoms with Crippen LogP contribution in [0.5, 0.6) is 0 Å². The van der Waals surface area contributed by atoms with Gasteiger partial charge in [0.15, 0.2) is 0 Å². The smallest absolute Gasteiger partial charge is 0.408 e. The molecule has 0 saturated heterocycles. The van der Waals surface area contributed by atoms with E-state index in [2.05, 4.69) is 10.4 Å². The molecule has 1 atom stereocenters. The number of nitrogens with one attached hydrogen (secondary N) is 1. The number of amides is 2. The third kappa shape index (κ3) is 2.78. The SMILES string of the molecule is CNC(=O)C1c2c(C(C)(C)C)nn(S(C)(=O)=O)c2CN1C(=O)O. The van der Waals surface area contributed by atoms with Crippen molar-refractivity contribution in [2.75, 3.05) is 13.3 Å². The maximum atomic E-state index is 12.2. The van der Waals surface area contributed by atoms with E-state index in [9.17, 15) is 23.1 Å². The van der Waals surface area contributed by atoms with Gasteiger partial charge in [0.2, 0.25) is 5.91 Å². The Morgan fingerprint density at radius 3 is 2.30 bits per heavy atom. The molecule has 1 aromatic heterocycles. The lowest BCUT2D eigenvalue weighted by molar-refractivity contribution is -0.125. The van der Waals surface area contributed by atoms with Crippen LogP contribution in [0.2, 0.25) is 0 Å². The van der Waals surface area contributed by atoms with Crippen molar-refractivity contribution in [1.29, 1.82) is 0 Å². The van der Waals surface area contributed by atoms with Crippen LogP contribution in [0.15, 0.2) is 0 Å². The number of rotatable bonds is 2. The lowest BCUT2D eigenvalue weighted by atomic mass is 9.87. The third-order valence-corrected chi connectivity index (χ3v) is 4.59. The topological polar surface area (TPSA) is 122 Å². The lowest BCUT2D eigenvalue weighted by Gasteiger charge is -2.24. The molecule has 1 aromatic rings. The second kappa shape index (κ2) is 5.22. The summed E-state index contributed by atoms with van der Waals surface area (Å²) in [5.74, 6) is -0.523. The highest BCUT2D eigenvalue weighted by Gasteiger charge is 2.46. The summed E-state index contributed by atoms with van der Waals surface area (Å²) in [6.45, 7) is 5.27. The number of carboxylic acid groups (broad SMARTS) is 1. The third-order valence-electron chi connectivity index (χ3n) is 3.66. The van der Waals surface area contributed by atoms with Crippen molar-refractivity contribution in [1.82, 2.24) is 19.4 Å². The number of nitrogens with zero attached hydrogens (tertiary/aromatic N) is 3. The predicted octanol–water partition coefficient (Wildman–Crippen LogP) is 0.269. The molecule has 0 spiro atoms. The molecule has 0 fully saturated rings. The molecule has 1 aliphatic rings. The Bertz CT molecular complexity index is 775. The van der Waals surface area contributed by atoms with Crippen molar-refractivity contribution in [3.8, 4) is 0 Å². The number of aromatic nitrogens is 2. The largest absolute Gasteiger partial charge is 0.465 e. The summed E-state index contributed by atoms with van der Waals surface area (Å²) >= 11 is 0. The quantitative estimate of drug-likeness (QED) is 0.794. The van der Waals surface area contributed by atoms with Gasteiger partial charge in [0.25, 0.3) is 10.0 Å². The molecule has 23 heavy (non-hydrogen) atoms. The van der Waals surface area contributed by atoms with Gasteiger partial charge in [-0.3, -0.25) is 9.69 Å². The van der Waals surface area contributed by atoms with Gasteiger partial charge in [0, 0.05) is 18.0 Å². The minimum absolute atomic E-state index is 0.209. The number of hydrogen-bond donors (Lipinski definition) is 2. The van der Waals surface area contributed by atoms with Gasteiger partial charge in [-0.2, -0.15) is 9.19 Å². The van der Waals surface area contributed by atoms with Crippen LogP contribution >= 0.6 is 0 Å². The van der Waals surface area contributed by atoms with Gasteiger partial charge in [0.05, 0.1) is 24.2 Å². The number of carbonyl (C=O) groups excluding carboxylic acids is 1. The summed E-state index contributed by atoms with van der Waals surface area (Å²) < 4.78 is 24.8.